The van der Waals surface area contributed by atoms with E-state index in [2.05, 4.69) is 10.2 Å². The minimum Gasteiger partial charge on any atom is -0.368 e. The first-order valence-corrected chi connectivity index (χ1v) is 10.6. The predicted octanol–water partition coefficient (Wildman–Crippen LogP) is 4.14. The number of carbonyl (C=O) groups is 2. The van der Waals surface area contributed by atoms with Crippen molar-refractivity contribution >= 4 is 23.2 Å². The first-order chi connectivity index (χ1) is 15.1. The summed E-state index contributed by atoms with van der Waals surface area (Å²) in [6.07, 6.45) is 0.461. The van der Waals surface area contributed by atoms with Gasteiger partial charge in [0.05, 0.1) is 6.42 Å². The van der Waals surface area contributed by atoms with Crippen LogP contribution in [0.3, 0.4) is 0 Å². The summed E-state index contributed by atoms with van der Waals surface area (Å²) >= 11 is 0. The van der Waals surface area contributed by atoms with Crippen LogP contribution in [0.4, 0.5) is 11.4 Å². The first-order valence-electron chi connectivity index (χ1n) is 10.6. The number of piperazine rings is 1. The number of aryl methyl sites for hydroxylation is 1. The molecule has 0 saturated carbocycles. The van der Waals surface area contributed by atoms with Gasteiger partial charge in [0, 0.05) is 43.1 Å². The molecular formula is C26H27N3O2. The van der Waals surface area contributed by atoms with Crippen LogP contribution in [0.5, 0.6) is 0 Å². The smallest absolute Gasteiger partial charge is 0.255 e. The maximum absolute atomic E-state index is 12.7. The highest BCUT2D eigenvalue weighted by molar-refractivity contribution is 6.04. The Balaban J connectivity index is 1.30. The van der Waals surface area contributed by atoms with Gasteiger partial charge in [-0.15, -0.1) is 0 Å². The largest absolute Gasteiger partial charge is 0.368 e. The summed E-state index contributed by atoms with van der Waals surface area (Å²) in [5, 5.41) is 2.93. The highest BCUT2D eigenvalue weighted by atomic mass is 16.2. The van der Waals surface area contributed by atoms with E-state index in [1.165, 1.54) is 0 Å². The third-order valence-electron chi connectivity index (χ3n) is 5.76. The number of nitrogens with zero attached hydrogens (tertiary/aromatic N) is 2. The molecule has 1 fully saturated rings. The molecule has 1 N–H and O–H groups in total. The maximum Gasteiger partial charge on any atom is 0.255 e. The SMILES string of the molecule is Cc1ccccc1CC(=O)N1CCN(c2ccc(NC(=O)c3ccccc3)cc2)CC1. The molecule has 0 radical (unpaired) electrons. The van der Waals surface area contributed by atoms with Crippen LogP contribution in [-0.2, 0) is 11.2 Å². The zero-order valence-corrected chi connectivity index (χ0v) is 17.8. The van der Waals surface area contributed by atoms with E-state index in [0.717, 1.165) is 48.7 Å². The molecule has 0 aromatic heterocycles. The zero-order chi connectivity index (χ0) is 21.6. The summed E-state index contributed by atoms with van der Waals surface area (Å²) in [6, 6.07) is 25.1. The molecular weight excluding hydrogens is 386 g/mol. The van der Waals surface area contributed by atoms with Gasteiger partial charge in [-0.2, -0.15) is 0 Å². The molecule has 4 rings (SSSR count). The summed E-state index contributed by atoms with van der Waals surface area (Å²) in [6.45, 7) is 5.09. The number of rotatable bonds is 5. The molecule has 0 unspecified atom stereocenters. The third kappa shape index (κ3) is 5.12. The summed E-state index contributed by atoms with van der Waals surface area (Å²) in [5.74, 6) is 0.0713. The molecule has 3 aromatic rings. The van der Waals surface area contributed by atoms with Crippen LogP contribution < -0.4 is 10.2 Å². The second-order valence-corrected chi connectivity index (χ2v) is 7.84. The van der Waals surface area contributed by atoms with Gasteiger partial charge < -0.3 is 15.1 Å². The molecule has 1 heterocycles. The number of hydrogen-bond acceptors (Lipinski definition) is 3. The van der Waals surface area contributed by atoms with Crippen LogP contribution >= 0.6 is 0 Å². The summed E-state index contributed by atoms with van der Waals surface area (Å²) in [5.41, 5.74) is 4.77. The van der Waals surface area contributed by atoms with E-state index in [0.29, 0.717) is 12.0 Å². The molecule has 5 nitrogen and oxygen atoms in total. The van der Waals surface area contributed by atoms with Gasteiger partial charge >= 0.3 is 0 Å². The summed E-state index contributed by atoms with van der Waals surface area (Å²) in [7, 11) is 0. The van der Waals surface area contributed by atoms with Crippen LogP contribution in [-0.4, -0.2) is 42.9 Å². The Morgan fingerprint density at radius 3 is 2.13 bits per heavy atom. The molecule has 1 aliphatic rings. The van der Waals surface area contributed by atoms with Gasteiger partial charge in [0.1, 0.15) is 0 Å². The van der Waals surface area contributed by atoms with Crippen molar-refractivity contribution in [2.24, 2.45) is 0 Å². The van der Waals surface area contributed by atoms with E-state index in [1.54, 1.807) is 12.1 Å². The minimum atomic E-state index is -0.117. The molecule has 0 spiro atoms. The molecule has 3 aromatic carbocycles. The Morgan fingerprint density at radius 2 is 1.45 bits per heavy atom. The van der Waals surface area contributed by atoms with Gasteiger partial charge in [-0.1, -0.05) is 42.5 Å². The molecule has 158 valence electrons. The Labute approximate surface area is 183 Å². The molecule has 31 heavy (non-hydrogen) atoms. The lowest BCUT2D eigenvalue weighted by atomic mass is 10.1. The van der Waals surface area contributed by atoms with E-state index in [1.807, 2.05) is 78.6 Å². The number of amides is 2. The van der Waals surface area contributed by atoms with E-state index < -0.39 is 0 Å². The molecule has 2 amide bonds. The van der Waals surface area contributed by atoms with Gasteiger partial charge in [-0.25, -0.2) is 0 Å². The summed E-state index contributed by atoms with van der Waals surface area (Å²) < 4.78 is 0. The second kappa shape index (κ2) is 9.47. The Kier molecular flexibility index (Phi) is 6.32. The van der Waals surface area contributed by atoms with Gasteiger partial charge in [0.2, 0.25) is 5.91 Å². The average molecular weight is 414 g/mol. The molecule has 5 heteroatoms. The van der Waals surface area contributed by atoms with Crippen molar-refractivity contribution in [2.45, 2.75) is 13.3 Å². The quantitative estimate of drug-likeness (QED) is 0.684. The lowest BCUT2D eigenvalue weighted by Gasteiger charge is -2.36. The van der Waals surface area contributed by atoms with E-state index in [9.17, 15) is 9.59 Å². The van der Waals surface area contributed by atoms with E-state index >= 15 is 0 Å². The monoisotopic (exact) mass is 413 g/mol. The summed E-state index contributed by atoms with van der Waals surface area (Å²) in [4.78, 5) is 29.2. The predicted molar refractivity (Wildman–Crippen MR) is 125 cm³/mol. The van der Waals surface area contributed by atoms with Crippen LogP contribution in [0, 0.1) is 6.92 Å². The zero-order valence-electron chi connectivity index (χ0n) is 17.8. The lowest BCUT2D eigenvalue weighted by Crippen LogP contribution is -2.49. The Hall–Kier alpha value is -3.60. The topological polar surface area (TPSA) is 52.7 Å². The number of nitrogens with one attached hydrogen (secondary N) is 1. The normalized spacial score (nSPS) is 13.7. The van der Waals surface area contributed by atoms with E-state index in [4.69, 9.17) is 0 Å². The maximum atomic E-state index is 12.7. The number of anilines is 2. The molecule has 0 atom stereocenters. The van der Waals surface area contributed by atoms with Gasteiger partial charge in [-0.05, 0) is 54.4 Å². The Morgan fingerprint density at radius 1 is 0.806 bits per heavy atom. The standard InChI is InChI=1S/C26H27N3O2/c1-20-7-5-6-10-22(20)19-25(30)29-17-15-28(16-18-29)24-13-11-23(12-14-24)27-26(31)21-8-3-2-4-9-21/h2-14H,15-19H2,1H3,(H,27,31). The fraction of sp³-hybridized carbons (Fsp3) is 0.231. The minimum absolute atomic E-state index is 0.117. The van der Waals surface area contributed by atoms with Crippen molar-refractivity contribution in [3.63, 3.8) is 0 Å². The highest BCUT2D eigenvalue weighted by Gasteiger charge is 2.21. The number of benzene rings is 3. The fourth-order valence-electron chi connectivity index (χ4n) is 3.85. The molecule has 0 bridgehead atoms. The van der Waals surface area contributed by atoms with Crippen LogP contribution in [0.15, 0.2) is 78.9 Å². The Bertz CT molecular complexity index is 1040. The average Bonchev–Trinajstić information content (AvgIpc) is 2.82. The molecule has 0 aliphatic carbocycles. The van der Waals surface area contributed by atoms with Gasteiger partial charge in [-0.3, -0.25) is 9.59 Å². The number of hydrogen-bond donors (Lipinski definition) is 1. The van der Waals surface area contributed by atoms with Gasteiger partial charge in [0.15, 0.2) is 0 Å². The van der Waals surface area contributed by atoms with Crippen LogP contribution in [0.25, 0.3) is 0 Å². The fourth-order valence-corrected chi connectivity index (χ4v) is 3.85. The molecule has 1 saturated heterocycles. The second-order valence-electron chi connectivity index (χ2n) is 7.84. The van der Waals surface area contributed by atoms with Crippen molar-refractivity contribution in [2.75, 3.05) is 36.4 Å². The van der Waals surface area contributed by atoms with Crippen molar-refractivity contribution in [3.05, 3.63) is 95.6 Å². The van der Waals surface area contributed by atoms with Gasteiger partial charge in [0.25, 0.3) is 5.91 Å². The number of carbonyl (C=O) groups excluding carboxylic acids is 2. The lowest BCUT2D eigenvalue weighted by molar-refractivity contribution is -0.130. The van der Waals surface area contributed by atoms with Crippen molar-refractivity contribution in [1.82, 2.24) is 4.90 Å². The van der Waals surface area contributed by atoms with Crippen LogP contribution in [0.1, 0.15) is 21.5 Å². The third-order valence-corrected chi connectivity index (χ3v) is 5.76. The van der Waals surface area contributed by atoms with Crippen molar-refractivity contribution in [1.29, 1.82) is 0 Å². The highest BCUT2D eigenvalue weighted by Crippen LogP contribution is 2.20. The van der Waals surface area contributed by atoms with Crippen molar-refractivity contribution < 1.29 is 9.59 Å². The first kappa shape index (κ1) is 20.7. The van der Waals surface area contributed by atoms with Crippen LogP contribution in [0.2, 0.25) is 0 Å². The molecule has 1 aliphatic heterocycles. The van der Waals surface area contributed by atoms with Crippen molar-refractivity contribution in [3.8, 4) is 0 Å². The van der Waals surface area contributed by atoms with E-state index in [-0.39, 0.29) is 11.8 Å².